The van der Waals surface area contributed by atoms with E-state index >= 15 is 0 Å². The molecule has 0 heterocycles. The van der Waals surface area contributed by atoms with Crippen molar-refractivity contribution < 1.29 is 17.9 Å². The van der Waals surface area contributed by atoms with E-state index in [1.807, 2.05) is 19.1 Å². The Balaban J connectivity index is 2.76. The summed E-state index contributed by atoms with van der Waals surface area (Å²) in [4.78, 5) is 0. The molecular formula is C15H25NO4S. The highest BCUT2D eigenvalue weighted by atomic mass is 32.2. The van der Waals surface area contributed by atoms with Gasteiger partial charge in [-0.2, -0.15) is 0 Å². The smallest absolute Gasteiger partial charge is 0.161 e. The Morgan fingerprint density at radius 2 is 1.81 bits per heavy atom. The number of sulfone groups is 1. The fourth-order valence-electron chi connectivity index (χ4n) is 1.63. The van der Waals surface area contributed by atoms with Crippen LogP contribution >= 0.6 is 0 Å². The minimum absolute atomic E-state index is 0.0271. The van der Waals surface area contributed by atoms with Gasteiger partial charge in [-0.1, -0.05) is 6.07 Å². The van der Waals surface area contributed by atoms with Crippen LogP contribution in [0.1, 0.15) is 33.3 Å². The Kier molecular flexibility index (Phi) is 6.04. The van der Waals surface area contributed by atoms with Crippen molar-refractivity contribution in [3.8, 4) is 11.5 Å². The van der Waals surface area contributed by atoms with Crippen LogP contribution in [0.5, 0.6) is 11.5 Å². The summed E-state index contributed by atoms with van der Waals surface area (Å²) < 4.78 is 34.4. The first-order valence-electron chi connectivity index (χ1n) is 7.02. The van der Waals surface area contributed by atoms with Gasteiger partial charge in [-0.15, -0.1) is 0 Å². The monoisotopic (exact) mass is 315 g/mol. The number of nitrogens with two attached hydrogens (primary N) is 1. The second-order valence-corrected chi connectivity index (χ2v) is 8.56. The molecule has 1 rings (SSSR count). The molecule has 0 spiro atoms. The highest BCUT2D eigenvalue weighted by Gasteiger charge is 2.28. The summed E-state index contributed by atoms with van der Waals surface area (Å²) in [6.45, 7) is 7.95. The number of hydrogen-bond acceptors (Lipinski definition) is 5. The Hall–Kier alpha value is -1.27. The van der Waals surface area contributed by atoms with Crippen LogP contribution in [0.2, 0.25) is 0 Å². The highest BCUT2D eigenvalue weighted by molar-refractivity contribution is 7.92. The molecule has 0 saturated carbocycles. The molecule has 1 aromatic carbocycles. The summed E-state index contributed by atoms with van der Waals surface area (Å²) in [5.41, 5.74) is 6.53. The van der Waals surface area contributed by atoms with Crippen molar-refractivity contribution in [3.63, 3.8) is 0 Å². The zero-order valence-electron chi connectivity index (χ0n) is 13.2. The summed E-state index contributed by atoms with van der Waals surface area (Å²) in [5.74, 6) is 1.10. The van der Waals surface area contributed by atoms with Gasteiger partial charge >= 0.3 is 0 Å². The van der Waals surface area contributed by atoms with Gasteiger partial charge in [0.2, 0.25) is 0 Å². The minimum atomic E-state index is -3.19. The van der Waals surface area contributed by atoms with Crippen molar-refractivity contribution in [2.75, 3.05) is 19.0 Å². The predicted molar refractivity (Wildman–Crippen MR) is 84.5 cm³/mol. The second kappa shape index (κ2) is 7.13. The van der Waals surface area contributed by atoms with E-state index in [-0.39, 0.29) is 12.4 Å². The van der Waals surface area contributed by atoms with Gasteiger partial charge in [-0.25, -0.2) is 8.42 Å². The van der Waals surface area contributed by atoms with Crippen LogP contribution in [-0.4, -0.2) is 32.1 Å². The van der Waals surface area contributed by atoms with E-state index < -0.39 is 14.6 Å². The summed E-state index contributed by atoms with van der Waals surface area (Å²) in [6.07, 6.45) is 0. The molecule has 0 fully saturated rings. The third-order valence-electron chi connectivity index (χ3n) is 3.09. The van der Waals surface area contributed by atoms with Crippen molar-refractivity contribution in [2.24, 2.45) is 5.73 Å². The third kappa shape index (κ3) is 4.89. The molecule has 0 aromatic heterocycles. The van der Waals surface area contributed by atoms with E-state index in [2.05, 4.69) is 0 Å². The highest BCUT2D eigenvalue weighted by Crippen LogP contribution is 2.28. The van der Waals surface area contributed by atoms with E-state index in [0.29, 0.717) is 24.7 Å². The number of ether oxygens (including phenoxy) is 2. The quantitative estimate of drug-likeness (QED) is 0.834. The molecule has 0 aliphatic rings. The fourth-order valence-corrected chi connectivity index (χ4v) is 2.55. The largest absolute Gasteiger partial charge is 0.490 e. The lowest BCUT2D eigenvalue weighted by atomic mass is 10.2. The second-order valence-electron chi connectivity index (χ2n) is 5.70. The molecule has 0 radical (unpaired) electrons. The molecular weight excluding hydrogens is 290 g/mol. The number of benzene rings is 1. The molecule has 6 heteroatoms. The zero-order chi connectivity index (χ0) is 16.1. The predicted octanol–water partition coefficient (Wildman–Crippen LogP) is 2.14. The van der Waals surface area contributed by atoms with Crippen LogP contribution < -0.4 is 15.2 Å². The molecule has 0 atom stereocenters. The maximum atomic E-state index is 12.0. The first kappa shape index (κ1) is 17.8. The van der Waals surface area contributed by atoms with Gasteiger partial charge in [0.25, 0.3) is 0 Å². The molecule has 0 bridgehead atoms. The molecule has 0 saturated heterocycles. The Labute approximate surface area is 127 Å². The van der Waals surface area contributed by atoms with Crippen LogP contribution in [0.25, 0.3) is 0 Å². The van der Waals surface area contributed by atoms with Crippen molar-refractivity contribution in [1.29, 1.82) is 0 Å². The van der Waals surface area contributed by atoms with E-state index in [1.165, 1.54) is 0 Å². The molecule has 1 aromatic rings. The van der Waals surface area contributed by atoms with Gasteiger partial charge in [-0.05, 0) is 45.4 Å². The van der Waals surface area contributed by atoms with Gasteiger partial charge in [0.05, 0.1) is 17.1 Å². The summed E-state index contributed by atoms with van der Waals surface area (Å²) in [6, 6.07) is 5.42. The summed E-state index contributed by atoms with van der Waals surface area (Å²) in [7, 11) is -3.19. The molecule has 5 nitrogen and oxygen atoms in total. The minimum Gasteiger partial charge on any atom is -0.490 e. The van der Waals surface area contributed by atoms with Crippen molar-refractivity contribution in [2.45, 2.75) is 39.0 Å². The Morgan fingerprint density at radius 1 is 1.14 bits per heavy atom. The molecule has 0 amide bonds. The molecule has 120 valence electrons. The van der Waals surface area contributed by atoms with E-state index in [1.54, 1.807) is 26.8 Å². The Morgan fingerprint density at radius 3 is 2.33 bits per heavy atom. The number of rotatable bonds is 7. The van der Waals surface area contributed by atoms with E-state index in [0.717, 1.165) is 5.56 Å². The van der Waals surface area contributed by atoms with Crippen LogP contribution in [0.3, 0.4) is 0 Å². The normalized spacial score (nSPS) is 12.2. The van der Waals surface area contributed by atoms with Crippen molar-refractivity contribution in [3.05, 3.63) is 23.8 Å². The van der Waals surface area contributed by atoms with Crippen LogP contribution in [0, 0.1) is 0 Å². The zero-order valence-corrected chi connectivity index (χ0v) is 14.0. The maximum Gasteiger partial charge on any atom is 0.161 e. The molecule has 21 heavy (non-hydrogen) atoms. The first-order valence-corrected chi connectivity index (χ1v) is 8.67. The lowest BCUT2D eigenvalue weighted by Gasteiger charge is -2.19. The number of hydrogen-bond donors (Lipinski definition) is 1. The third-order valence-corrected chi connectivity index (χ3v) is 5.66. The van der Waals surface area contributed by atoms with Crippen molar-refractivity contribution >= 4 is 9.84 Å². The standard InChI is InChI=1S/C15H25NO4S/c1-5-19-14-10-12(11-16)6-7-13(14)20-8-9-21(17,18)15(2,3)4/h6-7,10H,5,8-9,11,16H2,1-4H3. The average Bonchev–Trinajstić information content (AvgIpc) is 2.39. The Bertz CT molecular complexity index is 562. The van der Waals surface area contributed by atoms with Crippen LogP contribution in [0.4, 0.5) is 0 Å². The molecule has 0 aliphatic carbocycles. The van der Waals surface area contributed by atoms with Crippen molar-refractivity contribution in [1.82, 2.24) is 0 Å². The average molecular weight is 315 g/mol. The molecule has 0 unspecified atom stereocenters. The van der Waals surface area contributed by atoms with Crippen LogP contribution in [-0.2, 0) is 16.4 Å². The summed E-state index contributed by atoms with van der Waals surface area (Å²) >= 11 is 0. The van der Waals surface area contributed by atoms with E-state index in [9.17, 15) is 8.42 Å². The summed E-state index contributed by atoms with van der Waals surface area (Å²) in [5, 5.41) is 0. The topological polar surface area (TPSA) is 78.6 Å². The SMILES string of the molecule is CCOc1cc(CN)ccc1OCCS(=O)(=O)C(C)(C)C. The van der Waals surface area contributed by atoms with Gasteiger partial charge in [0.1, 0.15) is 6.61 Å². The van der Waals surface area contributed by atoms with Gasteiger partial charge in [-0.3, -0.25) is 0 Å². The van der Waals surface area contributed by atoms with Crippen LogP contribution in [0.15, 0.2) is 18.2 Å². The first-order chi connectivity index (χ1) is 9.71. The maximum absolute atomic E-state index is 12.0. The lowest BCUT2D eigenvalue weighted by molar-refractivity contribution is 0.287. The molecule has 0 aliphatic heterocycles. The van der Waals surface area contributed by atoms with Gasteiger partial charge in [0.15, 0.2) is 21.3 Å². The fraction of sp³-hybridized carbons (Fsp3) is 0.600. The van der Waals surface area contributed by atoms with Gasteiger partial charge < -0.3 is 15.2 Å². The lowest BCUT2D eigenvalue weighted by Crippen LogP contribution is -2.32. The van der Waals surface area contributed by atoms with E-state index in [4.69, 9.17) is 15.2 Å². The van der Waals surface area contributed by atoms with Gasteiger partial charge in [0, 0.05) is 6.54 Å². The molecule has 2 N–H and O–H groups in total.